The zero-order valence-corrected chi connectivity index (χ0v) is 15.6. The second kappa shape index (κ2) is 8.13. The Morgan fingerprint density at radius 2 is 1.65 bits per heavy atom. The molecular formula is C21H25FN2O2. The third kappa shape index (κ3) is 5.15. The molecule has 0 bridgehead atoms. The summed E-state index contributed by atoms with van der Waals surface area (Å²) in [5.74, 6) is -1.06. The summed E-state index contributed by atoms with van der Waals surface area (Å²) in [6.07, 6.45) is 0. The molecule has 0 saturated heterocycles. The van der Waals surface area contributed by atoms with Crippen molar-refractivity contribution in [1.82, 2.24) is 10.6 Å². The van der Waals surface area contributed by atoms with E-state index in [0.29, 0.717) is 11.1 Å². The third-order valence-corrected chi connectivity index (χ3v) is 4.16. The van der Waals surface area contributed by atoms with E-state index < -0.39 is 6.04 Å². The second-order valence-corrected chi connectivity index (χ2v) is 7.33. The van der Waals surface area contributed by atoms with Crippen molar-refractivity contribution in [1.29, 1.82) is 0 Å². The lowest BCUT2D eigenvalue weighted by atomic mass is 9.86. The second-order valence-electron chi connectivity index (χ2n) is 7.33. The summed E-state index contributed by atoms with van der Waals surface area (Å²) in [7, 11) is 0. The van der Waals surface area contributed by atoms with Gasteiger partial charge in [-0.15, -0.1) is 0 Å². The minimum absolute atomic E-state index is 0.00883. The number of hydrogen-bond acceptors (Lipinski definition) is 2. The Labute approximate surface area is 153 Å². The van der Waals surface area contributed by atoms with Crippen LogP contribution in [0.1, 0.15) is 49.2 Å². The van der Waals surface area contributed by atoms with Gasteiger partial charge < -0.3 is 10.6 Å². The normalized spacial score (nSPS) is 12.3. The third-order valence-electron chi connectivity index (χ3n) is 4.16. The first-order chi connectivity index (χ1) is 12.2. The summed E-state index contributed by atoms with van der Waals surface area (Å²) in [4.78, 5) is 24.4. The van der Waals surface area contributed by atoms with Gasteiger partial charge in [-0.1, -0.05) is 51.1 Å². The lowest BCUT2D eigenvalue weighted by Gasteiger charge is -2.19. The fraction of sp³-hybridized carbons (Fsp3) is 0.333. The quantitative estimate of drug-likeness (QED) is 0.861. The number of nitrogens with one attached hydrogen (secondary N) is 2. The Kier molecular flexibility index (Phi) is 6.14. The van der Waals surface area contributed by atoms with Gasteiger partial charge >= 0.3 is 0 Å². The molecule has 0 saturated carbocycles. The molecule has 5 heteroatoms. The van der Waals surface area contributed by atoms with Gasteiger partial charge in [0.2, 0.25) is 5.91 Å². The van der Waals surface area contributed by atoms with Crippen LogP contribution in [0, 0.1) is 5.82 Å². The van der Waals surface area contributed by atoms with Gasteiger partial charge in [0.05, 0.1) is 0 Å². The van der Waals surface area contributed by atoms with Gasteiger partial charge in [0.15, 0.2) is 0 Å². The van der Waals surface area contributed by atoms with E-state index in [4.69, 9.17) is 0 Å². The molecule has 1 unspecified atom stereocenters. The largest absolute Gasteiger partial charge is 0.350 e. The first-order valence-corrected chi connectivity index (χ1v) is 8.61. The highest BCUT2D eigenvalue weighted by Gasteiger charge is 2.18. The number of rotatable bonds is 5. The van der Waals surface area contributed by atoms with Crippen LogP contribution in [0.25, 0.3) is 0 Å². The zero-order valence-electron chi connectivity index (χ0n) is 15.6. The highest BCUT2D eigenvalue weighted by atomic mass is 19.1. The van der Waals surface area contributed by atoms with Gasteiger partial charge in [0, 0.05) is 17.7 Å². The Morgan fingerprint density at radius 1 is 1.04 bits per heavy atom. The Balaban J connectivity index is 1.91. The van der Waals surface area contributed by atoms with Gasteiger partial charge in [0.1, 0.15) is 11.9 Å². The minimum Gasteiger partial charge on any atom is -0.350 e. The topological polar surface area (TPSA) is 58.2 Å². The van der Waals surface area contributed by atoms with E-state index >= 15 is 0 Å². The lowest BCUT2D eigenvalue weighted by molar-refractivity contribution is -0.122. The van der Waals surface area contributed by atoms with Crippen molar-refractivity contribution in [2.75, 3.05) is 0 Å². The molecule has 2 N–H and O–H groups in total. The van der Waals surface area contributed by atoms with E-state index in [1.807, 2.05) is 12.1 Å². The molecule has 2 amide bonds. The van der Waals surface area contributed by atoms with Gasteiger partial charge in [0.25, 0.3) is 5.91 Å². The average Bonchev–Trinajstić information content (AvgIpc) is 2.60. The number of hydrogen-bond donors (Lipinski definition) is 2. The molecule has 0 aromatic heterocycles. The van der Waals surface area contributed by atoms with E-state index in [9.17, 15) is 14.0 Å². The lowest BCUT2D eigenvalue weighted by Crippen LogP contribution is -2.44. The van der Waals surface area contributed by atoms with Crippen molar-refractivity contribution >= 4 is 11.8 Å². The average molecular weight is 356 g/mol. The monoisotopic (exact) mass is 356 g/mol. The van der Waals surface area contributed by atoms with Crippen molar-refractivity contribution < 1.29 is 14.0 Å². The Bertz CT molecular complexity index is 779. The molecular weight excluding hydrogens is 331 g/mol. The fourth-order valence-corrected chi connectivity index (χ4v) is 2.44. The van der Waals surface area contributed by atoms with Crippen LogP contribution < -0.4 is 10.6 Å². The van der Waals surface area contributed by atoms with Crippen LogP contribution in [-0.4, -0.2) is 17.9 Å². The van der Waals surface area contributed by atoms with Gasteiger partial charge in [-0.05, 0) is 36.1 Å². The molecule has 0 spiro atoms. The summed E-state index contributed by atoms with van der Waals surface area (Å²) in [6, 6.07) is 12.8. The number of amides is 2. The smallest absolute Gasteiger partial charge is 0.251 e. The number of carbonyl (C=O) groups is 2. The molecule has 0 radical (unpaired) electrons. The molecule has 138 valence electrons. The predicted molar refractivity (Wildman–Crippen MR) is 100 cm³/mol. The van der Waals surface area contributed by atoms with E-state index in [1.165, 1.54) is 6.07 Å². The van der Waals surface area contributed by atoms with E-state index in [1.54, 1.807) is 37.3 Å². The number of benzene rings is 2. The zero-order chi connectivity index (χ0) is 19.3. The Hall–Kier alpha value is -2.69. The van der Waals surface area contributed by atoms with Crippen LogP contribution >= 0.6 is 0 Å². The van der Waals surface area contributed by atoms with Crippen molar-refractivity contribution in [3.8, 4) is 0 Å². The molecule has 0 aliphatic rings. The summed E-state index contributed by atoms with van der Waals surface area (Å²) < 4.78 is 13.6. The molecule has 1 atom stereocenters. The van der Waals surface area contributed by atoms with Crippen molar-refractivity contribution in [3.63, 3.8) is 0 Å². The van der Waals surface area contributed by atoms with Crippen molar-refractivity contribution in [3.05, 3.63) is 71.0 Å². The first kappa shape index (κ1) is 19.6. The van der Waals surface area contributed by atoms with Crippen molar-refractivity contribution in [2.24, 2.45) is 0 Å². The van der Waals surface area contributed by atoms with Crippen LogP contribution in [0.2, 0.25) is 0 Å². The maximum absolute atomic E-state index is 13.6. The molecule has 2 aromatic carbocycles. The molecule has 2 rings (SSSR count). The SMILES string of the molecule is CC(NC(=O)c1ccc(C(C)(C)C)cc1)C(=O)NCc1ccccc1F. The summed E-state index contributed by atoms with van der Waals surface area (Å²) in [6.45, 7) is 7.97. The van der Waals surface area contributed by atoms with E-state index in [-0.39, 0.29) is 29.6 Å². The highest BCUT2D eigenvalue weighted by molar-refractivity contribution is 5.97. The molecule has 0 heterocycles. The first-order valence-electron chi connectivity index (χ1n) is 8.61. The highest BCUT2D eigenvalue weighted by Crippen LogP contribution is 2.22. The fourth-order valence-electron chi connectivity index (χ4n) is 2.44. The van der Waals surface area contributed by atoms with Gasteiger partial charge in [-0.2, -0.15) is 0 Å². The molecule has 0 aliphatic carbocycles. The molecule has 26 heavy (non-hydrogen) atoms. The van der Waals surface area contributed by atoms with Crippen molar-refractivity contribution in [2.45, 2.75) is 45.7 Å². The standard InChI is InChI=1S/C21H25FN2O2/c1-14(19(25)23-13-16-7-5-6-8-18(16)22)24-20(26)15-9-11-17(12-10-15)21(2,3)4/h5-12,14H,13H2,1-4H3,(H,23,25)(H,24,26). The predicted octanol–water partition coefficient (Wildman–Crippen LogP) is 3.56. The van der Waals surface area contributed by atoms with Crippen LogP contribution in [0.15, 0.2) is 48.5 Å². The minimum atomic E-state index is -0.725. The van der Waals surface area contributed by atoms with Crippen LogP contribution in [-0.2, 0) is 16.8 Å². The number of carbonyl (C=O) groups excluding carboxylic acids is 2. The summed E-state index contributed by atoms with van der Waals surface area (Å²) in [5.41, 5.74) is 2.03. The Morgan fingerprint density at radius 3 is 2.23 bits per heavy atom. The summed E-state index contributed by atoms with van der Waals surface area (Å²) in [5, 5.41) is 5.29. The van der Waals surface area contributed by atoms with Gasteiger partial charge in [-0.3, -0.25) is 9.59 Å². The maximum atomic E-state index is 13.6. The maximum Gasteiger partial charge on any atom is 0.251 e. The van der Waals surface area contributed by atoms with Crippen LogP contribution in [0.5, 0.6) is 0 Å². The van der Waals surface area contributed by atoms with Crippen LogP contribution in [0.4, 0.5) is 4.39 Å². The van der Waals surface area contributed by atoms with E-state index in [0.717, 1.165) is 5.56 Å². The molecule has 0 fully saturated rings. The summed E-state index contributed by atoms with van der Waals surface area (Å²) >= 11 is 0. The van der Waals surface area contributed by atoms with Gasteiger partial charge in [-0.25, -0.2) is 4.39 Å². The number of halogens is 1. The molecule has 0 aliphatic heterocycles. The van der Waals surface area contributed by atoms with Crippen LogP contribution in [0.3, 0.4) is 0 Å². The van der Waals surface area contributed by atoms with E-state index in [2.05, 4.69) is 31.4 Å². The molecule has 2 aromatic rings. The molecule has 4 nitrogen and oxygen atoms in total.